The summed E-state index contributed by atoms with van der Waals surface area (Å²) in [6.07, 6.45) is 6.96. The van der Waals surface area contributed by atoms with Crippen LogP contribution in [-0.4, -0.2) is 15.0 Å². The predicted octanol–water partition coefficient (Wildman–Crippen LogP) is 3.21. The third-order valence-corrected chi connectivity index (χ3v) is 2.74. The molecule has 0 amide bonds. The topological polar surface area (TPSA) is 38.7 Å². The Balaban J connectivity index is 2.18. The SMILES string of the molecule is c1ccc(-c2ccccc2-c2cncnc2)nc1. The first-order valence-electron chi connectivity index (χ1n) is 5.71. The van der Waals surface area contributed by atoms with E-state index in [0.717, 1.165) is 22.4 Å². The second-order valence-electron chi connectivity index (χ2n) is 3.89. The van der Waals surface area contributed by atoms with Crippen LogP contribution in [0.4, 0.5) is 0 Å². The number of hydrogen-bond acceptors (Lipinski definition) is 3. The van der Waals surface area contributed by atoms with Crippen LogP contribution in [-0.2, 0) is 0 Å². The van der Waals surface area contributed by atoms with E-state index in [1.54, 1.807) is 6.20 Å². The van der Waals surface area contributed by atoms with Crippen LogP contribution in [0.25, 0.3) is 22.4 Å². The number of benzene rings is 1. The zero-order valence-electron chi connectivity index (χ0n) is 9.69. The fourth-order valence-corrected chi connectivity index (χ4v) is 1.92. The van der Waals surface area contributed by atoms with Gasteiger partial charge in [-0.3, -0.25) is 4.98 Å². The zero-order chi connectivity index (χ0) is 12.2. The van der Waals surface area contributed by atoms with Crippen LogP contribution in [0.3, 0.4) is 0 Å². The fraction of sp³-hybridized carbons (Fsp3) is 0. The van der Waals surface area contributed by atoms with Gasteiger partial charge in [-0.1, -0.05) is 30.3 Å². The molecule has 0 radical (unpaired) electrons. The lowest BCUT2D eigenvalue weighted by Crippen LogP contribution is -1.88. The molecule has 18 heavy (non-hydrogen) atoms. The third-order valence-electron chi connectivity index (χ3n) is 2.74. The van der Waals surface area contributed by atoms with E-state index >= 15 is 0 Å². The monoisotopic (exact) mass is 233 g/mol. The Bertz CT molecular complexity index is 578. The lowest BCUT2D eigenvalue weighted by molar-refractivity contribution is 1.17. The standard InChI is InChI=1S/C15H11N3/c1-2-6-14(15-7-3-4-8-18-15)13(5-1)12-9-16-11-17-10-12/h1-11H. The van der Waals surface area contributed by atoms with Gasteiger partial charge >= 0.3 is 0 Å². The van der Waals surface area contributed by atoms with Crippen LogP contribution in [0.1, 0.15) is 0 Å². The molecule has 86 valence electrons. The molecular weight excluding hydrogens is 222 g/mol. The van der Waals surface area contributed by atoms with Gasteiger partial charge in [0.2, 0.25) is 0 Å². The van der Waals surface area contributed by atoms with E-state index in [-0.39, 0.29) is 0 Å². The van der Waals surface area contributed by atoms with E-state index in [2.05, 4.69) is 27.1 Å². The van der Waals surface area contributed by atoms with Crippen molar-refractivity contribution in [1.29, 1.82) is 0 Å². The van der Waals surface area contributed by atoms with Crippen molar-refractivity contribution in [1.82, 2.24) is 15.0 Å². The quantitative estimate of drug-likeness (QED) is 0.682. The highest BCUT2D eigenvalue weighted by Crippen LogP contribution is 2.29. The summed E-state index contributed by atoms with van der Waals surface area (Å²) >= 11 is 0. The van der Waals surface area contributed by atoms with Crippen molar-refractivity contribution in [3.8, 4) is 22.4 Å². The van der Waals surface area contributed by atoms with Gasteiger partial charge in [-0.15, -0.1) is 0 Å². The molecule has 0 bridgehead atoms. The lowest BCUT2D eigenvalue weighted by Gasteiger charge is -2.08. The Kier molecular flexibility index (Phi) is 2.80. The van der Waals surface area contributed by atoms with Gasteiger partial charge in [-0.2, -0.15) is 0 Å². The molecule has 0 fully saturated rings. The highest BCUT2D eigenvalue weighted by atomic mass is 14.8. The van der Waals surface area contributed by atoms with Gasteiger partial charge in [0.05, 0.1) is 5.69 Å². The summed E-state index contributed by atoms with van der Waals surface area (Å²) in [6.45, 7) is 0. The van der Waals surface area contributed by atoms with Crippen molar-refractivity contribution in [2.24, 2.45) is 0 Å². The van der Waals surface area contributed by atoms with Gasteiger partial charge in [0, 0.05) is 29.7 Å². The Hall–Kier alpha value is -2.55. The first-order chi connectivity index (χ1) is 8.95. The molecule has 1 aromatic carbocycles. The van der Waals surface area contributed by atoms with E-state index in [9.17, 15) is 0 Å². The van der Waals surface area contributed by atoms with Gasteiger partial charge in [0.1, 0.15) is 6.33 Å². The molecule has 3 rings (SSSR count). The van der Waals surface area contributed by atoms with Crippen LogP contribution >= 0.6 is 0 Å². The summed E-state index contributed by atoms with van der Waals surface area (Å²) < 4.78 is 0. The Morgan fingerprint density at radius 2 is 1.44 bits per heavy atom. The van der Waals surface area contributed by atoms with Gasteiger partial charge in [0.25, 0.3) is 0 Å². The van der Waals surface area contributed by atoms with Crippen molar-refractivity contribution in [2.45, 2.75) is 0 Å². The van der Waals surface area contributed by atoms with Crippen LogP contribution in [0.15, 0.2) is 67.4 Å². The molecule has 3 aromatic rings. The smallest absolute Gasteiger partial charge is 0.115 e. The largest absolute Gasteiger partial charge is 0.256 e. The van der Waals surface area contributed by atoms with E-state index in [0.29, 0.717) is 0 Å². The van der Waals surface area contributed by atoms with Crippen LogP contribution in [0.5, 0.6) is 0 Å². The molecule has 0 saturated carbocycles. The second kappa shape index (κ2) is 4.75. The average molecular weight is 233 g/mol. The number of nitrogens with zero attached hydrogens (tertiary/aromatic N) is 3. The average Bonchev–Trinajstić information content (AvgIpc) is 2.49. The summed E-state index contributed by atoms with van der Waals surface area (Å²) in [6, 6.07) is 14.0. The zero-order valence-corrected chi connectivity index (χ0v) is 9.69. The summed E-state index contributed by atoms with van der Waals surface area (Å²) in [5, 5.41) is 0. The molecule has 2 heterocycles. The maximum absolute atomic E-state index is 4.39. The van der Waals surface area contributed by atoms with E-state index in [4.69, 9.17) is 0 Å². The molecule has 2 aromatic heterocycles. The number of rotatable bonds is 2. The molecule has 0 unspecified atom stereocenters. The molecule has 0 aliphatic heterocycles. The summed E-state index contributed by atoms with van der Waals surface area (Å²) in [5.41, 5.74) is 4.14. The third kappa shape index (κ3) is 1.98. The first-order valence-corrected chi connectivity index (χ1v) is 5.71. The Morgan fingerprint density at radius 3 is 2.17 bits per heavy atom. The Morgan fingerprint density at radius 1 is 0.722 bits per heavy atom. The number of hydrogen-bond donors (Lipinski definition) is 0. The van der Waals surface area contributed by atoms with Gasteiger partial charge < -0.3 is 0 Å². The Labute approximate surface area is 105 Å². The lowest BCUT2D eigenvalue weighted by atomic mass is 9.99. The minimum absolute atomic E-state index is 0.956. The van der Waals surface area contributed by atoms with Gasteiger partial charge in [0.15, 0.2) is 0 Å². The van der Waals surface area contributed by atoms with Crippen molar-refractivity contribution in [2.75, 3.05) is 0 Å². The van der Waals surface area contributed by atoms with Crippen molar-refractivity contribution in [3.05, 3.63) is 67.4 Å². The second-order valence-corrected chi connectivity index (χ2v) is 3.89. The minimum Gasteiger partial charge on any atom is -0.256 e. The van der Waals surface area contributed by atoms with E-state index < -0.39 is 0 Å². The molecule has 0 aliphatic carbocycles. The van der Waals surface area contributed by atoms with Crippen LogP contribution < -0.4 is 0 Å². The predicted molar refractivity (Wildman–Crippen MR) is 70.7 cm³/mol. The van der Waals surface area contributed by atoms with Crippen molar-refractivity contribution in [3.63, 3.8) is 0 Å². The van der Waals surface area contributed by atoms with Crippen molar-refractivity contribution < 1.29 is 0 Å². The van der Waals surface area contributed by atoms with Crippen LogP contribution in [0, 0.1) is 0 Å². The summed E-state index contributed by atoms with van der Waals surface area (Å²) in [4.78, 5) is 12.5. The number of pyridine rings is 1. The molecule has 0 N–H and O–H groups in total. The summed E-state index contributed by atoms with van der Waals surface area (Å²) in [7, 11) is 0. The number of aromatic nitrogens is 3. The summed E-state index contributed by atoms with van der Waals surface area (Å²) in [5.74, 6) is 0. The van der Waals surface area contributed by atoms with Gasteiger partial charge in [-0.05, 0) is 17.7 Å². The fourth-order valence-electron chi connectivity index (χ4n) is 1.92. The highest BCUT2D eigenvalue weighted by Gasteiger charge is 2.07. The molecule has 0 aliphatic rings. The minimum atomic E-state index is 0.956. The molecule has 0 saturated heterocycles. The molecule has 3 heteroatoms. The highest BCUT2D eigenvalue weighted by molar-refractivity contribution is 5.80. The maximum atomic E-state index is 4.39. The van der Waals surface area contributed by atoms with E-state index in [1.807, 2.05) is 42.7 Å². The maximum Gasteiger partial charge on any atom is 0.115 e. The first kappa shape index (κ1) is 10.6. The van der Waals surface area contributed by atoms with Crippen molar-refractivity contribution >= 4 is 0 Å². The van der Waals surface area contributed by atoms with Gasteiger partial charge in [-0.25, -0.2) is 9.97 Å². The normalized spacial score (nSPS) is 10.2. The van der Waals surface area contributed by atoms with Crippen LogP contribution in [0.2, 0.25) is 0 Å². The molecule has 0 atom stereocenters. The molecule has 3 nitrogen and oxygen atoms in total. The molecular formula is C15H11N3. The van der Waals surface area contributed by atoms with E-state index in [1.165, 1.54) is 6.33 Å². The molecule has 0 spiro atoms.